The third kappa shape index (κ3) is 2.64. The summed E-state index contributed by atoms with van der Waals surface area (Å²) in [4.78, 5) is 18.2. The van der Waals surface area contributed by atoms with Gasteiger partial charge >= 0.3 is 0 Å². The lowest BCUT2D eigenvalue weighted by Gasteiger charge is -2.43. The van der Waals surface area contributed by atoms with E-state index >= 15 is 0 Å². The molecule has 27 heavy (non-hydrogen) atoms. The number of rotatable bonds is 4. The molecule has 0 aliphatic heterocycles. The molecule has 2 aromatic heterocycles. The molecule has 2 heterocycles. The SMILES string of the molecule is Cc1nn(C)c2nc(C3CC3)cc(C(=O)NC3(c4ccccc4)CCC3)c12. The van der Waals surface area contributed by atoms with Crippen molar-refractivity contribution in [1.82, 2.24) is 20.1 Å². The van der Waals surface area contributed by atoms with Crippen molar-refractivity contribution in [3.63, 3.8) is 0 Å². The molecule has 1 N–H and O–H groups in total. The summed E-state index contributed by atoms with van der Waals surface area (Å²) in [6.07, 6.45) is 5.42. The first-order valence-electron chi connectivity index (χ1n) is 9.80. The Morgan fingerprint density at radius 3 is 2.59 bits per heavy atom. The van der Waals surface area contributed by atoms with E-state index in [0.717, 1.165) is 60.1 Å². The van der Waals surface area contributed by atoms with Crippen LogP contribution < -0.4 is 5.32 Å². The molecule has 1 aromatic carbocycles. The molecule has 0 bridgehead atoms. The number of hydrogen-bond acceptors (Lipinski definition) is 3. The van der Waals surface area contributed by atoms with Crippen molar-refractivity contribution < 1.29 is 4.79 Å². The van der Waals surface area contributed by atoms with E-state index in [4.69, 9.17) is 4.98 Å². The molecule has 2 aliphatic rings. The molecule has 138 valence electrons. The zero-order chi connectivity index (χ0) is 18.6. The summed E-state index contributed by atoms with van der Waals surface area (Å²) in [5.41, 5.74) is 4.36. The lowest BCUT2D eigenvalue weighted by atomic mass is 9.71. The summed E-state index contributed by atoms with van der Waals surface area (Å²) >= 11 is 0. The minimum Gasteiger partial charge on any atom is -0.343 e. The molecule has 2 saturated carbocycles. The van der Waals surface area contributed by atoms with E-state index < -0.39 is 0 Å². The summed E-state index contributed by atoms with van der Waals surface area (Å²) in [5.74, 6) is 0.479. The fourth-order valence-corrected chi connectivity index (χ4v) is 4.29. The molecular formula is C22H24N4O. The van der Waals surface area contributed by atoms with E-state index in [0.29, 0.717) is 5.92 Å². The maximum absolute atomic E-state index is 13.4. The quantitative estimate of drug-likeness (QED) is 0.766. The number of amides is 1. The Kier molecular flexibility index (Phi) is 3.61. The molecule has 0 atom stereocenters. The Hall–Kier alpha value is -2.69. The summed E-state index contributed by atoms with van der Waals surface area (Å²) in [6, 6.07) is 12.3. The molecule has 5 rings (SSSR count). The molecule has 2 fully saturated rings. The van der Waals surface area contributed by atoms with E-state index in [2.05, 4.69) is 22.5 Å². The summed E-state index contributed by atoms with van der Waals surface area (Å²) in [6.45, 7) is 1.95. The maximum atomic E-state index is 13.4. The van der Waals surface area contributed by atoms with E-state index in [9.17, 15) is 4.79 Å². The zero-order valence-corrected chi connectivity index (χ0v) is 15.8. The van der Waals surface area contributed by atoms with Gasteiger partial charge in [0.1, 0.15) is 0 Å². The van der Waals surface area contributed by atoms with Crippen molar-refractivity contribution in [2.45, 2.75) is 50.5 Å². The second-order valence-corrected chi connectivity index (χ2v) is 8.03. The lowest BCUT2D eigenvalue weighted by molar-refractivity contribution is 0.0825. The third-order valence-electron chi connectivity index (χ3n) is 6.12. The summed E-state index contributed by atoms with van der Waals surface area (Å²) in [5, 5.41) is 8.77. The fourth-order valence-electron chi connectivity index (χ4n) is 4.29. The monoisotopic (exact) mass is 360 g/mol. The number of carbonyl (C=O) groups excluding carboxylic acids is 1. The van der Waals surface area contributed by atoms with Crippen molar-refractivity contribution in [2.75, 3.05) is 0 Å². The zero-order valence-electron chi connectivity index (χ0n) is 15.8. The van der Waals surface area contributed by atoms with Gasteiger partial charge in [-0.1, -0.05) is 30.3 Å². The van der Waals surface area contributed by atoms with Gasteiger partial charge in [0, 0.05) is 18.7 Å². The molecule has 0 saturated heterocycles. The highest BCUT2D eigenvalue weighted by atomic mass is 16.1. The molecule has 1 amide bonds. The van der Waals surface area contributed by atoms with E-state index in [1.54, 1.807) is 4.68 Å². The van der Waals surface area contributed by atoms with Crippen LogP contribution in [0.3, 0.4) is 0 Å². The van der Waals surface area contributed by atoms with Crippen molar-refractivity contribution in [2.24, 2.45) is 7.05 Å². The first-order chi connectivity index (χ1) is 13.1. The Morgan fingerprint density at radius 1 is 1.22 bits per heavy atom. The van der Waals surface area contributed by atoms with Gasteiger partial charge in [0.25, 0.3) is 5.91 Å². The van der Waals surface area contributed by atoms with Gasteiger partial charge in [0.2, 0.25) is 0 Å². The summed E-state index contributed by atoms with van der Waals surface area (Å²) in [7, 11) is 1.90. The Bertz CT molecular complexity index is 1030. The maximum Gasteiger partial charge on any atom is 0.252 e. The van der Waals surface area contributed by atoms with E-state index in [-0.39, 0.29) is 11.4 Å². The van der Waals surface area contributed by atoms with Gasteiger partial charge in [-0.2, -0.15) is 5.10 Å². The van der Waals surface area contributed by atoms with Crippen LogP contribution in [0.5, 0.6) is 0 Å². The van der Waals surface area contributed by atoms with Gasteiger partial charge in [0.15, 0.2) is 5.65 Å². The second kappa shape index (κ2) is 5.91. The molecule has 3 aromatic rings. The lowest BCUT2D eigenvalue weighted by Crippen LogP contribution is -2.50. The molecule has 0 spiro atoms. The highest BCUT2D eigenvalue weighted by Gasteiger charge is 2.40. The Balaban J connectivity index is 1.57. The van der Waals surface area contributed by atoms with E-state index in [1.165, 1.54) is 5.56 Å². The first kappa shape index (κ1) is 16.5. The smallest absolute Gasteiger partial charge is 0.252 e. The van der Waals surface area contributed by atoms with Gasteiger partial charge in [-0.05, 0) is 50.7 Å². The predicted molar refractivity (Wildman–Crippen MR) is 105 cm³/mol. The fraction of sp³-hybridized carbons (Fsp3) is 0.409. The Morgan fingerprint density at radius 2 is 1.96 bits per heavy atom. The van der Waals surface area contributed by atoms with Gasteiger partial charge in [-0.15, -0.1) is 0 Å². The number of carbonyl (C=O) groups is 1. The third-order valence-corrected chi connectivity index (χ3v) is 6.12. The average molecular weight is 360 g/mol. The van der Waals surface area contributed by atoms with Crippen LogP contribution >= 0.6 is 0 Å². The molecule has 5 nitrogen and oxygen atoms in total. The van der Waals surface area contributed by atoms with Gasteiger partial charge in [-0.25, -0.2) is 4.98 Å². The van der Waals surface area contributed by atoms with Crippen LogP contribution in [0.2, 0.25) is 0 Å². The van der Waals surface area contributed by atoms with Gasteiger partial charge < -0.3 is 5.32 Å². The van der Waals surface area contributed by atoms with Gasteiger partial charge in [-0.3, -0.25) is 9.48 Å². The molecule has 0 radical (unpaired) electrons. The topological polar surface area (TPSA) is 59.8 Å². The van der Waals surface area contributed by atoms with Crippen LogP contribution in [-0.2, 0) is 12.6 Å². The van der Waals surface area contributed by atoms with Crippen molar-refractivity contribution >= 4 is 16.9 Å². The first-order valence-corrected chi connectivity index (χ1v) is 9.80. The van der Waals surface area contributed by atoms with E-state index in [1.807, 2.05) is 38.2 Å². The number of pyridine rings is 1. The minimum atomic E-state index is -0.246. The number of benzene rings is 1. The van der Waals surface area contributed by atoms with Crippen LogP contribution in [0.25, 0.3) is 11.0 Å². The van der Waals surface area contributed by atoms with Crippen LogP contribution in [-0.4, -0.2) is 20.7 Å². The predicted octanol–water partition coefficient (Wildman–Crippen LogP) is 3.96. The largest absolute Gasteiger partial charge is 0.343 e. The van der Waals surface area contributed by atoms with Crippen LogP contribution in [0.1, 0.15) is 65.3 Å². The normalized spacial score (nSPS) is 18.3. The number of nitrogens with zero attached hydrogens (tertiary/aromatic N) is 3. The molecule has 0 unspecified atom stereocenters. The summed E-state index contributed by atoms with van der Waals surface area (Å²) < 4.78 is 1.80. The average Bonchev–Trinajstić information content (AvgIpc) is 3.45. The minimum absolute atomic E-state index is 0.0102. The number of aromatic nitrogens is 3. The number of hydrogen-bond donors (Lipinski definition) is 1. The van der Waals surface area contributed by atoms with Crippen LogP contribution in [0, 0.1) is 6.92 Å². The van der Waals surface area contributed by atoms with Crippen molar-refractivity contribution in [1.29, 1.82) is 0 Å². The molecule has 2 aliphatic carbocycles. The van der Waals surface area contributed by atoms with Crippen LogP contribution in [0.15, 0.2) is 36.4 Å². The van der Waals surface area contributed by atoms with Crippen LogP contribution in [0.4, 0.5) is 0 Å². The van der Waals surface area contributed by atoms with Gasteiger partial charge in [0.05, 0.1) is 22.2 Å². The highest BCUT2D eigenvalue weighted by molar-refractivity contribution is 6.07. The number of fused-ring (bicyclic) bond motifs is 1. The van der Waals surface area contributed by atoms with Crippen molar-refractivity contribution in [3.8, 4) is 0 Å². The number of nitrogens with one attached hydrogen (secondary N) is 1. The van der Waals surface area contributed by atoms with Crippen molar-refractivity contribution in [3.05, 3.63) is 58.9 Å². The second-order valence-electron chi connectivity index (χ2n) is 8.03. The molecule has 5 heteroatoms. The Labute approximate surface area is 158 Å². The number of aryl methyl sites for hydroxylation is 2. The highest BCUT2D eigenvalue weighted by Crippen LogP contribution is 2.43. The molecular weight excluding hydrogens is 336 g/mol. The standard InChI is InChI=1S/C22H24N4O/c1-14-19-17(13-18(15-9-10-15)23-20(19)26(2)25-14)21(27)24-22(11-6-12-22)16-7-4-3-5-8-16/h3-5,7-8,13,15H,6,9-12H2,1-2H3,(H,24,27).